The van der Waals surface area contributed by atoms with Crippen LogP contribution in [0.2, 0.25) is 0 Å². The Morgan fingerprint density at radius 1 is 1.40 bits per heavy atom. The second-order valence-electron chi connectivity index (χ2n) is 5.82. The van der Waals surface area contributed by atoms with Crippen molar-refractivity contribution in [3.8, 4) is 0 Å². The Bertz CT molecular complexity index is 441. The van der Waals surface area contributed by atoms with Gasteiger partial charge in [0.05, 0.1) is 0 Å². The lowest BCUT2D eigenvalue weighted by Crippen LogP contribution is -2.37. The molecular weight excluding hydrogens is 254 g/mol. The summed E-state index contributed by atoms with van der Waals surface area (Å²) in [5.74, 6) is 0. The number of nitrogens with zero attached hydrogens (tertiary/aromatic N) is 1. The average Bonchev–Trinajstić information content (AvgIpc) is 2.32. The maximum Gasteiger partial charge on any atom is 0.410 e. The van der Waals surface area contributed by atoms with Crippen LogP contribution in [0, 0.1) is 0 Å². The Kier molecular flexibility index (Phi) is 5.82. The molecule has 0 radical (unpaired) electrons. The van der Waals surface area contributed by atoms with Gasteiger partial charge in [-0.3, -0.25) is 0 Å². The first-order valence-corrected chi connectivity index (χ1v) is 6.77. The maximum atomic E-state index is 11.7. The van der Waals surface area contributed by atoms with E-state index in [-0.39, 0.29) is 6.09 Å². The number of carbonyl (C=O) groups excluding carboxylic acids is 1. The molecule has 0 aliphatic carbocycles. The zero-order valence-corrected chi connectivity index (χ0v) is 12.8. The van der Waals surface area contributed by atoms with Crippen molar-refractivity contribution in [2.75, 3.05) is 25.9 Å². The van der Waals surface area contributed by atoms with Crippen LogP contribution in [-0.4, -0.2) is 36.7 Å². The van der Waals surface area contributed by atoms with Crippen LogP contribution in [0.3, 0.4) is 0 Å². The largest absolute Gasteiger partial charge is 0.444 e. The van der Waals surface area contributed by atoms with Crippen LogP contribution in [0.15, 0.2) is 24.3 Å². The van der Waals surface area contributed by atoms with E-state index >= 15 is 0 Å². The van der Waals surface area contributed by atoms with Gasteiger partial charge in [0.1, 0.15) is 5.60 Å². The van der Waals surface area contributed by atoms with Gasteiger partial charge in [0, 0.05) is 32.4 Å². The van der Waals surface area contributed by atoms with E-state index in [1.165, 1.54) is 0 Å². The summed E-state index contributed by atoms with van der Waals surface area (Å²) in [6.45, 7) is 7.60. The standard InChI is InChI=1S/C15H25N3O2/c1-15(2,3)20-14(19)18(4)9-8-17-11-12-6-5-7-13(16)10-12/h5-7,10,17H,8-9,11,16H2,1-4H3. The molecule has 0 saturated carbocycles. The summed E-state index contributed by atoms with van der Waals surface area (Å²) >= 11 is 0. The van der Waals surface area contributed by atoms with Gasteiger partial charge in [-0.15, -0.1) is 0 Å². The molecule has 1 aromatic carbocycles. The summed E-state index contributed by atoms with van der Waals surface area (Å²) in [6, 6.07) is 7.74. The first-order chi connectivity index (χ1) is 9.28. The zero-order chi connectivity index (χ0) is 15.2. The van der Waals surface area contributed by atoms with Crippen molar-refractivity contribution < 1.29 is 9.53 Å². The van der Waals surface area contributed by atoms with Crippen molar-refractivity contribution in [3.05, 3.63) is 29.8 Å². The summed E-state index contributed by atoms with van der Waals surface area (Å²) in [4.78, 5) is 13.3. The van der Waals surface area contributed by atoms with E-state index in [4.69, 9.17) is 10.5 Å². The third-order valence-electron chi connectivity index (χ3n) is 2.61. The number of ether oxygens (including phenoxy) is 1. The first kappa shape index (κ1) is 16.3. The number of hydrogen-bond donors (Lipinski definition) is 2. The number of amides is 1. The number of benzene rings is 1. The highest BCUT2D eigenvalue weighted by atomic mass is 16.6. The Morgan fingerprint density at radius 2 is 2.10 bits per heavy atom. The normalized spacial score (nSPS) is 11.2. The van der Waals surface area contributed by atoms with Gasteiger partial charge < -0.3 is 20.7 Å². The van der Waals surface area contributed by atoms with Gasteiger partial charge in [0.15, 0.2) is 0 Å². The second kappa shape index (κ2) is 7.14. The van der Waals surface area contributed by atoms with Crippen LogP contribution in [0.4, 0.5) is 10.5 Å². The quantitative estimate of drug-likeness (QED) is 0.640. The molecule has 5 heteroatoms. The lowest BCUT2D eigenvalue weighted by molar-refractivity contribution is 0.0300. The van der Waals surface area contributed by atoms with Crippen molar-refractivity contribution in [2.24, 2.45) is 0 Å². The molecule has 5 nitrogen and oxygen atoms in total. The fourth-order valence-corrected chi connectivity index (χ4v) is 1.61. The molecule has 0 bridgehead atoms. The molecule has 0 aliphatic heterocycles. The number of likely N-dealkylation sites (N-methyl/N-ethyl adjacent to an activating group) is 1. The number of nitrogens with two attached hydrogens (primary N) is 1. The zero-order valence-electron chi connectivity index (χ0n) is 12.8. The molecule has 0 heterocycles. The molecular formula is C15H25N3O2. The highest BCUT2D eigenvalue weighted by molar-refractivity contribution is 5.67. The fraction of sp³-hybridized carbons (Fsp3) is 0.533. The molecule has 112 valence electrons. The minimum absolute atomic E-state index is 0.303. The summed E-state index contributed by atoms with van der Waals surface area (Å²) in [5, 5.41) is 3.27. The molecule has 0 saturated heterocycles. The highest BCUT2D eigenvalue weighted by Gasteiger charge is 2.18. The summed E-state index contributed by atoms with van der Waals surface area (Å²) < 4.78 is 5.27. The average molecular weight is 279 g/mol. The lowest BCUT2D eigenvalue weighted by Gasteiger charge is -2.24. The van der Waals surface area contributed by atoms with Crippen molar-refractivity contribution >= 4 is 11.8 Å². The molecule has 1 aromatic rings. The van der Waals surface area contributed by atoms with Crippen molar-refractivity contribution in [1.82, 2.24) is 10.2 Å². The molecule has 20 heavy (non-hydrogen) atoms. The highest BCUT2D eigenvalue weighted by Crippen LogP contribution is 2.09. The Morgan fingerprint density at radius 3 is 2.70 bits per heavy atom. The van der Waals surface area contributed by atoms with Crippen LogP contribution >= 0.6 is 0 Å². The van der Waals surface area contributed by atoms with Crippen molar-refractivity contribution in [2.45, 2.75) is 32.9 Å². The third kappa shape index (κ3) is 6.43. The van der Waals surface area contributed by atoms with E-state index in [0.717, 1.165) is 17.8 Å². The van der Waals surface area contributed by atoms with Crippen LogP contribution < -0.4 is 11.1 Å². The predicted octanol–water partition coefficient (Wildman–Crippen LogP) is 2.23. The topological polar surface area (TPSA) is 67.6 Å². The second-order valence-corrected chi connectivity index (χ2v) is 5.82. The number of hydrogen-bond acceptors (Lipinski definition) is 4. The van der Waals surface area contributed by atoms with Gasteiger partial charge in [-0.25, -0.2) is 4.79 Å². The number of rotatable bonds is 5. The molecule has 0 aromatic heterocycles. The monoisotopic (exact) mass is 279 g/mol. The molecule has 0 atom stereocenters. The predicted molar refractivity (Wildman–Crippen MR) is 81.4 cm³/mol. The van der Waals surface area contributed by atoms with Gasteiger partial charge in [-0.2, -0.15) is 0 Å². The van der Waals surface area contributed by atoms with E-state index in [9.17, 15) is 4.79 Å². The Balaban J connectivity index is 2.25. The number of carbonyl (C=O) groups is 1. The number of anilines is 1. The van der Waals surface area contributed by atoms with E-state index in [2.05, 4.69) is 5.32 Å². The van der Waals surface area contributed by atoms with Crippen LogP contribution in [0.25, 0.3) is 0 Å². The van der Waals surface area contributed by atoms with Gasteiger partial charge in [-0.1, -0.05) is 12.1 Å². The summed E-state index contributed by atoms with van der Waals surface area (Å²) in [5.41, 5.74) is 7.14. The molecule has 3 N–H and O–H groups in total. The Hall–Kier alpha value is -1.75. The van der Waals surface area contributed by atoms with Crippen LogP contribution in [0.5, 0.6) is 0 Å². The number of nitrogens with one attached hydrogen (secondary N) is 1. The van der Waals surface area contributed by atoms with Crippen molar-refractivity contribution in [1.29, 1.82) is 0 Å². The van der Waals surface area contributed by atoms with E-state index in [1.54, 1.807) is 11.9 Å². The van der Waals surface area contributed by atoms with E-state index < -0.39 is 5.60 Å². The minimum Gasteiger partial charge on any atom is -0.444 e. The van der Waals surface area contributed by atoms with E-state index in [0.29, 0.717) is 13.1 Å². The summed E-state index contributed by atoms with van der Waals surface area (Å²) in [6.07, 6.45) is -0.303. The first-order valence-electron chi connectivity index (χ1n) is 6.77. The van der Waals surface area contributed by atoms with Gasteiger partial charge in [0.2, 0.25) is 0 Å². The molecule has 0 aliphatic rings. The van der Waals surface area contributed by atoms with Crippen molar-refractivity contribution in [3.63, 3.8) is 0 Å². The maximum absolute atomic E-state index is 11.7. The van der Waals surface area contributed by atoms with E-state index in [1.807, 2.05) is 45.0 Å². The van der Waals surface area contributed by atoms with Gasteiger partial charge in [-0.05, 0) is 38.5 Å². The number of nitrogen functional groups attached to an aromatic ring is 1. The Labute approximate surface area is 121 Å². The van der Waals surface area contributed by atoms with Crippen LogP contribution in [0.1, 0.15) is 26.3 Å². The molecule has 1 rings (SSSR count). The fourth-order valence-electron chi connectivity index (χ4n) is 1.61. The van der Waals surface area contributed by atoms with Crippen LogP contribution in [-0.2, 0) is 11.3 Å². The lowest BCUT2D eigenvalue weighted by atomic mass is 10.2. The molecule has 1 amide bonds. The van der Waals surface area contributed by atoms with Gasteiger partial charge in [0.25, 0.3) is 0 Å². The third-order valence-corrected chi connectivity index (χ3v) is 2.61. The SMILES string of the molecule is CN(CCNCc1cccc(N)c1)C(=O)OC(C)(C)C. The van der Waals surface area contributed by atoms with Gasteiger partial charge >= 0.3 is 6.09 Å². The summed E-state index contributed by atoms with van der Waals surface area (Å²) in [7, 11) is 1.73. The molecule has 0 spiro atoms. The molecule has 0 fully saturated rings. The molecule has 0 unspecified atom stereocenters. The smallest absolute Gasteiger partial charge is 0.410 e. The minimum atomic E-state index is -0.458.